The number of nitrogens with zero attached hydrogens (tertiary/aromatic N) is 1. The van der Waals surface area contributed by atoms with Crippen molar-refractivity contribution < 1.29 is 19.4 Å². The largest absolute Gasteiger partial charge is 0.488 e. The van der Waals surface area contributed by atoms with Crippen molar-refractivity contribution in [3.05, 3.63) is 75.5 Å². The third kappa shape index (κ3) is 4.68. The van der Waals surface area contributed by atoms with Gasteiger partial charge in [0, 0.05) is 41.0 Å². The number of fused-ring (bicyclic) bond motifs is 1. The maximum atomic E-state index is 11.0. The molecule has 1 unspecified atom stereocenters. The van der Waals surface area contributed by atoms with Gasteiger partial charge in [0.25, 0.3) is 0 Å². The third-order valence-corrected chi connectivity index (χ3v) is 7.44. The second-order valence-electron chi connectivity index (χ2n) is 8.76. The van der Waals surface area contributed by atoms with Gasteiger partial charge in [-0.3, -0.25) is 9.69 Å². The number of benzene rings is 2. The summed E-state index contributed by atoms with van der Waals surface area (Å²) in [5, 5.41) is 9.04. The van der Waals surface area contributed by atoms with Crippen molar-refractivity contribution in [1.29, 1.82) is 0 Å². The van der Waals surface area contributed by atoms with E-state index in [1.807, 2.05) is 24.3 Å². The van der Waals surface area contributed by atoms with Crippen molar-refractivity contribution >= 4 is 23.4 Å². The Labute approximate surface area is 197 Å². The summed E-state index contributed by atoms with van der Waals surface area (Å²) in [7, 11) is 0. The number of hydrogen-bond donors (Lipinski definition) is 1. The maximum absolute atomic E-state index is 11.0. The van der Waals surface area contributed by atoms with Crippen molar-refractivity contribution in [2.75, 3.05) is 26.2 Å². The molecular weight excluding hydrogens is 434 g/mol. The lowest BCUT2D eigenvalue weighted by molar-refractivity contribution is -0.147. The SMILES string of the molecule is Cc1sc(C(C)Oc2ccc3c(c2)OCC(CN2CC(C(=O)O)C2)=C3)cc1-c1ccccc1. The standard InChI is InChI=1S/C27H27NO4S/c1-17(26-12-24(18(2)33-26)20-6-4-3-5-7-20)32-23-9-8-21-10-19(16-31-25(21)11-23)13-28-14-22(15-28)27(29)30/h3-12,17,22H,13-16H2,1-2H3,(H,29,30). The van der Waals surface area contributed by atoms with Gasteiger partial charge in [0.05, 0.1) is 5.92 Å². The Kier molecular flexibility index (Phi) is 5.96. The normalized spacial score (nSPS) is 16.8. The summed E-state index contributed by atoms with van der Waals surface area (Å²) < 4.78 is 12.3. The zero-order chi connectivity index (χ0) is 22.9. The average Bonchev–Trinajstić information content (AvgIpc) is 3.18. The summed E-state index contributed by atoms with van der Waals surface area (Å²) in [6.45, 7) is 6.72. The third-order valence-electron chi connectivity index (χ3n) is 6.23. The zero-order valence-corrected chi connectivity index (χ0v) is 19.6. The van der Waals surface area contributed by atoms with Crippen LogP contribution in [-0.4, -0.2) is 42.2 Å². The van der Waals surface area contributed by atoms with E-state index in [9.17, 15) is 4.79 Å². The quantitative estimate of drug-likeness (QED) is 0.492. The summed E-state index contributed by atoms with van der Waals surface area (Å²) in [5.41, 5.74) is 4.68. The molecule has 1 N–H and O–H groups in total. The van der Waals surface area contributed by atoms with Crippen molar-refractivity contribution in [3.63, 3.8) is 0 Å². The summed E-state index contributed by atoms with van der Waals surface area (Å²) in [5.74, 6) is 0.668. The van der Waals surface area contributed by atoms with Crippen molar-refractivity contribution in [1.82, 2.24) is 4.90 Å². The molecule has 2 aromatic carbocycles. The molecule has 170 valence electrons. The lowest BCUT2D eigenvalue weighted by Crippen LogP contribution is -2.51. The number of carboxylic acid groups (broad SMARTS) is 1. The second kappa shape index (κ2) is 9.04. The van der Waals surface area contributed by atoms with E-state index in [4.69, 9.17) is 14.6 Å². The van der Waals surface area contributed by atoms with Crippen LogP contribution in [0, 0.1) is 12.8 Å². The summed E-state index contributed by atoms with van der Waals surface area (Å²) in [6.07, 6.45) is 2.09. The first-order valence-electron chi connectivity index (χ1n) is 11.2. The molecule has 0 spiro atoms. The molecule has 0 aliphatic carbocycles. The van der Waals surface area contributed by atoms with Crippen LogP contribution in [0.3, 0.4) is 0 Å². The van der Waals surface area contributed by atoms with Gasteiger partial charge in [-0.2, -0.15) is 0 Å². The zero-order valence-electron chi connectivity index (χ0n) is 18.8. The minimum absolute atomic E-state index is 0.0625. The number of aliphatic carboxylic acids is 1. The van der Waals surface area contributed by atoms with E-state index in [1.54, 1.807) is 11.3 Å². The Morgan fingerprint density at radius 3 is 2.76 bits per heavy atom. The van der Waals surface area contributed by atoms with E-state index < -0.39 is 5.97 Å². The molecule has 2 aliphatic heterocycles. The van der Waals surface area contributed by atoms with E-state index in [0.29, 0.717) is 19.7 Å². The predicted molar refractivity (Wildman–Crippen MR) is 131 cm³/mol. The van der Waals surface area contributed by atoms with Crippen LogP contribution < -0.4 is 9.47 Å². The van der Waals surface area contributed by atoms with Gasteiger partial charge in [0.2, 0.25) is 0 Å². The van der Waals surface area contributed by atoms with Gasteiger partial charge in [0.1, 0.15) is 24.2 Å². The Balaban J connectivity index is 1.24. The minimum Gasteiger partial charge on any atom is -0.488 e. The topological polar surface area (TPSA) is 59.0 Å². The molecule has 5 rings (SSSR count). The molecule has 5 nitrogen and oxygen atoms in total. The van der Waals surface area contributed by atoms with E-state index >= 15 is 0 Å². The highest BCUT2D eigenvalue weighted by molar-refractivity contribution is 7.12. The summed E-state index contributed by atoms with van der Waals surface area (Å²) in [6, 6.07) is 18.6. The molecule has 1 fully saturated rings. The predicted octanol–water partition coefficient (Wildman–Crippen LogP) is 5.66. The summed E-state index contributed by atoms with van der Waals surface area (Å²) >= 11 is 1.77. The van der Waals surface area contributed by atoms with Gasteiger partial charge in [-0.05, 0) is 54.8 Å². The molecule has 6 heteroatoms. The monoisotopic (exact) mass is 461 g/mol. The second-order valence-corrected chi connectivity index (χ2v) is 10.1. The van der Waals surface area contributed by atoms with Gasteiger partial charge >= 0.3 is 5.97 Å². The van der Waals surface area contributed by atoms with Crippen molar-refractivity contribution in [3.8, 4) is 22.6 Å². The molecule has 0 amide bonds. The van der Waals surface area contributed by atoms with E-state index in [2.05, 4.69) is 55.2 Å². The molecule has 1 aromatic heterocycles. The fourth-order valence-corrected chi connectivity index (χ4v) is 5.40. The fourth-order valence-electron chi connectivity index (χ4n) is 4.37. The minimum atomic E-state index is -0.707. The van der Waals surface area contributed by atoms with Gasteiger partial charge in [0.15, 0.2) is 0 Å². The summed E-state index contributed by atoms with van der Waals surface area (Å²) in [4.78, 5) is 15.6. The van der Waals surface area contributed by atoms with Crippen LogP contribution in [0.1, 0.15) is 28.3 Å². The van der Waals surface area contributed by atoms with Gasteiger partial charge in [-0.25, -0.2) is 0 Å². The highest BCUT2D eigenvalue weighted by atomic mass is 32.1. The van der Waals surface area contributed by atoms with Crippen LogP contribution in [0.5, 0.6) is 11.5 Å². The number of rotatable bonds is 7. The van der Waals surface area contributed by atoms with Crippen LogP contribution in [-0.2, 0) is 4.79 Å². The number of likely N-dealkylation sites (tertiary alicyclic amines) is 1. The number of aryl methyl sites for hydroxylation is 1. The van der Waals surface area contributed by atoms with Gasteiger partial charge < -0.3 is 14.6 Å². The van der Waals surface area contributed by atoms with Crippen LogP contribution in [0.25, 0.3) is 17.2 Å². The molecule has 1 saturated heterocycles. The van der Waals surface area contributed by atoms with E-state index in [1.165, 1.54) is 20.9 Å². The van der Waals surface area contributed by atoms with Crippen LogP contribution in [0.4, 0.5) is 0 Å². The highest BCUT2D eigenvalue weighted by Gasteiger charge is 2.33. The number of thiophene rings is 1. The first kappa shape index (κ1) is 21.7. The smallest absolute Gasteiger partial charge is 0.309 e. The Morgan fingerprint density at radius 2 is 2.00 bits per heavy atom. The van der Waals surface area contributed by atoms with Crippen LogP contribution in [0.2, 0.25) is 0 Å². The molecule has 2 aliphatic rings. The van der Waals surface area contributed by atoms with Crippen LogP contribution in [0.15, 0.2) is 60.2 Å². The van der Waals surface area contributed by atoms with Crippen molar-refractivity contribution in [2.45, 2.75) is 20.0 Å². The first-order chi connectivity index (χ1) is 16.0. The van der Waals surface area contributed by atoms with E-state index in [0.717, 1.165) is 29.2 Å². The molecule has 33 heavy (non-hydrogen) atoms. The van der Waals surface area contributed by atoms with Gasteiger partial charge in [-0.1, -0.05) is 30.3 Å². The van der Waals surface area contributed by atoms with E-state index in [-0.39, 0.29) is 12.0 Å². The Hall–Kier alpha value is -3.09. The van der Waals surface area contributed by atoms with Crippen molar-refractivity contribution in [2.24, 2.45) is 5.92 Å². The van der Waals surface area contributed by atoms with Crippen LogP contribution >= 0.6 is 11.3 Å². The highest BCUT2D eigenvalue weighted by Crippen LogP contribution is 2.37. The number of carboxylic acids is 1. The lowest BCUT2D eigenvalue weighted by Gasteiger charge is -2.37. The maximum Gasteiger partial charge on any atom is 0.309 e. The fraction of sp³-hybridized carbons (Fsp3) is 0.296. The number of carbonyl (C=O) groups is 1. The Morgan fingerprint density at radius 1 is 1.21 bits per heavy atom. The molecule has 3 aromatic rings. The van der Waals surface area contributed by atoms with Gasteiger partial charge in [-0.15, -0.1) is 11.3 Å². The molecule has 0 saturated carbocycles. The average molecular weight is 462 g/mol. The lowest BCUT2D eigenvalue weighted by atomic mass is 9.98. The number of hydrogen-bond acceptors (Lipinski definition) is 5. The molecule has 0 bridgehead atoms. The first-order valence-corrected chi connectivity index (χ1v) is 12.0. The Bertz CT molecular complexity index is 1190. The molecule has 0 radical (unpaired) electrons. The number of ether oxygens (including phenoxy) is 2. The molecule has 3 heterocycles. The molecular formula is C27H27NO4S. The molecule has 1 atom stereocenters.